The summed E-state index contributed by atoms with van der Waals surface area (Å²) in [5.41, 5.74) is 20.9. The number of carbonyl (C=O) groups is 3. The Morgan fingerprint density at radius 2 is 0.750 bits per heavy atom. The average molecular weight is 1770 g/mol. The number of halogens is 5. The van der Waals surface area contributed by atoms with E-state index in [-0.39, 0.29) is 54.0 Å². The largest absolute Gasteiger partial charge is 0.497 e. The van der Waals surface area contributed by atoms with Crippen LogP contribution < -0.4 is 56.0 Å². The number of H-pyrrole nitrogens is 1. The number of esters is 1. The molecule has 0 saturated heterocycles. The van der Waals surface area contributed by atoms with Gasteiger partial charge in [-0.05, 0) is 182 Å². The molecule has 6 heterocycles. The van der Waals surface area contributed by atoms with E-state index in [0.29, 0.717) is 79.9 Å². The van der Waals surface area contributed by atoms with Crippen LogP contribution in [0.5, 0.6) is 23.0 Å². The van der Waals surface area contributed by atoms with Crippen molar-refractivity contribution >= 4 is 177 Å². The van der Waals surface area contributed by atoms with Gasteiger partial charge in [-0.3, -0.25) is 19.3 Å². The fourth-order valence-electron chi connectivity index (χ4n) is 12.5. The molecule has 0 bridgehead atoms. The standard InChI is InChI=1S/C25H20N4O3.C17H16ClN3O.C17H18N4O.C9H6Cl2N2.C9H7ClN2O.C8H9NO2.C8H11NO.ClH/c1-28(16-11-13-17(32-2)14-12-16)23-20-9-5-6-10-21(20)26-22(27-23)15-29-24(30)18-7-3-4-8-19(18)25(29)31;2*1-21(12-7-9-13(22-2)10-8-12)17-14-5-3-4-6-15(14)19-16(11-18)20-17;10-5-8-12-7-4-2-1-3-6(7)9(11)13-8;10-5-8-11-7-4-2-1-3-6(7)9(13)12-8;1-11-8(10)6-4-2-3-5-7(6)9;1-9-7-3-5-8(10-2)6-4-7;/h3-14H,15H2,1-2H3;3-10H,11H2,1-2H3;3-10H,11,18H2,1-2H3;1-4H,5H2;1-4H,5H2,(H,11,12,13);2-5H,9H2,1H3;3-6,9H,1-2H3;1H. The van der Waals surface area contributed by atoms with Gasteiger partial charge in [0, 0.05) is 78.2 Å². The normalized spacial score (nSPS) is 10.9. The number of hydrogen-bond acceptors (Lipinski definition) is 24. The van der Waals surface area contributed by atoms with E-state index in [1.807, 2.05) is 243 Å². The number of aromatic amines is 1. The van der Waals surface area contributed by atoms with Crippen molar-refractivity contribution in [2.75, 3.05) is 89.5 Å². The van der Waals surface area contributed by atoms with Crippen molar-refractivity contribution in [3.05, 3.63) is 328 Å². The Morgan fingerprint density at radius 3 is 1.15 bits per heavy atom. The summed E-state index contributed by atoms with van der Waals surface area (Å²) in [5.74, 6) is 8.13. The highest BCUT2D eigenvalue weighted by Gasteiger charge is 2.36. The lowest BCUT2D eigenvalue weighted by Gasteiger charge is -2.22. The first kappa shape index (κ1) is 92.4. The van der Waals surface area contributed by atoms with Gasteiger partial charge in [-0.1, -0.05) is 96.5 Å². The van der Waals surface area contributed by atoms with E-state index in [2.05, 4.69) is 54.9 Å². The monoisotopic (exact) mass is 1760 g/mol. The molecule has 6 N–H and O–H groups in total. The Kier molecular flexibility index (Phi) is 33.7. The molecule has 1 aliphatic heterocycles. The molecule has 5 aromatic heterocycles. The van der Waals surface area contributed by atoms with E-state index in [9.17, 15) is 19.2 Å². The molecule has 0 radical (unpaired) electrons. The van der Waals surface area contributed by atoms with Gasteiger partial charge in [-0.25, -0.2) is 49.7 Å². The number of imide groups is 1. The zero-order valence-electron chi connectivity index (χ0n) is 69.0. The highest BCUT2D eigenvalue weighted by Crippen LogP contribution is 2.35. The van der Waals surface area contributed by atoms with Crippen LogP contribution in [-0.4, -0.2) is 136 Å². The van der Waals surface area contributed by atoms with E-state index in [1.165, 1.54) is 12.0 Å². The molecule has 0 atom stereocenters. The zero-order chi connectivity index (χ0) is 87.5. The number of rotatable bonds is 18. The lowest BCUT2D eigenvalue weighted by atomic mass is 10.1. The number of nitrogens with two attached hydrogens (primary N) is 2. The smallest absolute Gasteiger partial charge is 0.339 e. The highest BCUT2D eigenvalue weighted by molar-refractivity contribution is 6.34. The molecule has 124 heavy (non-hydrogen) atoms. The molecule has 2 amide bonds. The number of amides is 2. The number of para-hydroxylation sites is 6. The maximum atomic E-state index is 12.8. The number of hydrogen-bond donors (Lipinski definition) is 4. The zero-order valence-corrected chi connectivity index (χ0v) is 72.8. The molecule has 26 nitrogen and oxygen atoms in total. The molecule has 0 spiro atoms. The third kappa shape index (κ3) is 23.2. The number of methoxy groups -OCH3 is 5. The molecule has 634 valence electrons. The lowest BCUT2D eigenvalue weighted by molar-refractivity contribution is 0.0598. The summed E-state index contributed by atoms with van der Waals surface area (Å²) in [6, 6.07) is 83.1. The second-order valence-corrected chi connectivity index (χ2v) is 27.8. The van der Waals surface area contributed by atoms with Crippen molar-refractivity contribution in [3.8, 4) is 23.0 Å². The molecule has 11 aromatic carbocycles. The number of anilines is 8. The Balaban J connectivity index is 0.000000157. The molecular weight excluding hydrogens is 1680 g/mol. The van der Waals surface area contributed by atoms with Crippen LogP contribution in [-0.2, 0) is 35.5 Å². The van der Waals surface area contributed by atoms with Crippen LogP contribution in [0.25, 0.3) is 54.5 Å². The minimum Gasteiger partial charge on any atom is -0.497 e. The highest BCUT2D eigenvalue weighted by atomic mass is 35.5. The number of nitrogens with zero attached hydrogens (tertiary/aromatic N) is 13. The van der Waals surface area contributed by atoms with E-state index in [0.717, 1.165) is 101 Å². The molecule has 0 aliphatic carbocycles. The van der Waals surface area contributed by atoms with Crippen LogP contribution in [0.4, 0.5) is 45.9 Å². The van der Waals surface area contributed by atoms with Gasteiger partial charge in [0.1, 0.15) is 68.9 Å². The minimum absolute atomic E-state index is 0. The summed E-state index contributed by atoms with van der Waals surface area (Å²) in [6.45, 7) is 0.314. The summed E-state index contributed by atoms with van der Waals surface area (Å²) in [4.78, 5) is 97.7. The number of alkyl halides is 3. The van der Waals surface area contributed by atoms with Gasteiger partial charge in [0.15, 0.2) is 5.82 Å². The molecule has 0 fully saturated rings. The molecule has 16 aromatic rings. The molecule has 0 unspecified atom stereocenters. The molecule has 31 heteroatoms. The Morgan fingerprint density at radius 1 is 0.411 bits per heavy atom. The second-order valence-electron chi connectivity index (χ2n) is 26.6. The van der Waals surface area contributed by atoms with Crippen LogP contribution in [0.3, 0.4) is 0 Å². The third-order valence-electron chi connectivity index (χ3n) is 19.0. The number of nitrogen functional groups attached to an aromatic ring is 1. The fraction of sp³-hybridized carbons (Fsp3) is 0.151. The number of fused-ring (bicyclic) bond motifs is 6. The van der Waals surface area contributed by atoms with Gasteiger partial charge < -0.3 is 60.2 Å². The summed E-state index contributed by atoms with van der Waals surface area (Å²) >= 11 is 23.0. The first-order valence-electron chi connectivity index (χ1n) is 38.1. The van der Waals surface area contributed by atoms with Crippen LogP contribution in [0.15, 0.2) is 272 Å². The molecule has 0 saturated carbocycles. The first-order valence-corrected chi connectivity index (χ1v) is 40.1. The maximum Gasteiger partial charge on any atom is 0.339 e. The lowest BCUT2D eigenvalue weighted by Crippen LogP contribution is -2.30. The number of aromatic nitrogens is 10. The van der Waals surface area contributed by atoms with Gasteiger partial charge in [0.05, 0.1) is 116 Å². The van der Waals surface area contributed by atoms with Crippen LogP contribution in [0.1, 0.15) is 60.2 Å². The van der Waals surface area contributed by atoms with E-state index in [1.54, 1.807) is 95.2 Å². The van der Waals surface area contributed by atoms with Crippen LogP contribution in [0, 0.1) is 0 Å². The van der Waals surface area contributed by atoms with Crippen LogP contribution in [0.2, 0.25) is 5.15 Å². The van der Waals surface area contributed by atoms with Crippen molar-refractivity contribution in [3.63, 3.8) is 0 Å². The average Bonchev–Trinajstić information content (AvgIpc) is 1.55. The number of benzene rings is 11. The van der Waals surface area contributed by atoms with Gasteiger partial charge in [0.25, 0.3) is 17.4 Å². The Labute approximate surface area is 742 Å². The van der Waals surface area contributed by atoms with Crippen molar-refractivity contribution < 1.29 is 38.1 Å². The Hall–Kier alpha value is -13.9. The summed E-state index contributed by atoms with van der Waals surface area (Å²) < 4.78 is 25.1. The SMILES string of the molecule is CNc1ccc(OC)cc1.COC(=O)c1ccccc1N.COc1ccc(N(C)c2nc(CCl)nc3ccccc23)cc1.COc1ccc(N(C)c2nc(CN)nc3ccccc23)cc1.COc1ccc(N(C)c2nc(CN3C(=O)c4ccccc4C3=O)nc3ccccc23)cc1.Cl.ClCc1nc(Cl)c2ccccc2n1.O=c1[nH]c(CCl)nc2ccccc12. The number of nitrogens with one attached hydrogen (secondary N) is 2. The topological polar surface area (TPSA) is 323 Å². The molecular formula is C93H88Cl5N17O9. The van der Waals surface area contributed by atoms with Crippen LogP contribution >= 0.6 is 58.8 Å². The van der Waals surface area contributed by atoms with Gasteiger partial charge in [-0.2, -0.15) is 0 Å². The van der Waals surface area contributed by atoms with Crippen molar-refractivity contribution in [1.82, 2.24) is 54.7 Å². The quantitative estimate of drug-likeness (QED) is 0.0204. The van der Waals surface area contributed by atoms with E-state index >= 15 is 0 Å². The minimum atomic E-state index is -0.400. The Bertz CT molecular complexity index is 6180. The summed E-state index contributed by atoms with van der Waals surface area (Å²) in [7, 11) is 15.7. The number of ether oxygens (including phenoxy) is 5. The predicted octanol–water partition coefficient (Wildman–Crippen LogP) is 19.1. The fourth-order valence-corrected chi connectivity index (χ4v) is 13.1. The van der Waals surface area contributed by atoms with E-state index in [4.69, 9.17) is 81.8 Å². The first-order chi connectivity index (χ1) is 59.7. The third-order valence-corrected chi connectivity index (χ3v) is 20.0. The van der Waals surface area contributed by atoms with Gasteiger partial charge in [0.2, 0.25) is 0 Å². The van der Waals surface area contributed by atoms with Crippen molar-refractivity contribution in [1.29, 1.82) is 0 Å². The van der Waals surface area contributed by atoms with Crippen molar-refractivity contribution in [2.45, 2.75) is 30.7 Å². The van der Waals surface area contributed by atoms with Gasteiger partial charge >= 0.3 is 5.97 Å². The second kappa shape index (κ2) is 45.1. The molecule has 1 aliphatic rings. The van der Waals surface area contributed by atoms with Gasteiger partial charge in [-0.15, -0.1) is 47.2 Å². The predicted molar refractivity (Wildman–Crippen MR) is 498 cm³/mol. The molecule has 17 rings (SSSR count). The van der Waals surface area contributed by atoms with Crippen molar-refractivity contribution in [2.24, 2.45) is 5.73 Å². The summed E-state index contributed by atoms with van der Waals surface area (Å²) in [6.07, 6.45) is 0. The van der Waals surface area contributed by atoms with E-state index < -0.39 is 5.97 Å². The maximum absolute atomic E-state index is 12.8. The number of carbonyl (C=O) groups excluding carboxylic acids is 3. The summed E-state index contributed by atoms with van der Waals surface area (Å²) in [5, 5.41) is 7.80.